The molecule has 0 saturated heterocycles. The molecule has 1 aromatic rings. The molecule has 0 unspecified atom stereocenters. The average molecular weight is 321 g/mol. The molecule has 1 aromatic carbocycles. The Kier molecular flexibility index (Phi) is 7.28. The monoisotopic (exact) mass is 320 g/mol. The van der Waals surface area contributed by atoms with Crippen LogP contribution in [-0.4, -0.2) is 24.1 Å². The number of Topliss-reactive ketones (excluding diaryl/α,β-unsaturated/α-hetero) is 1. The average Bonchev–Trinajstić information content (AvgIpc) is 2.38. The summed E-state index contributed by atoms with van der Waals surface area (Å²) in [5.41, 5.74) is 0. The number of halogens is 2. The van der Waals surface area contributed by atoms with Crippen molar-refractivity contribution in [2.75, 3.05) is 12.4 Å². The molecule has 0 N–H and O–H groups in total. The molecular formula is C13H14Cl2O3S. The van der Waals surface area contributed by atoms with E-state index in [9.17, 15) is 9.59 Å². The Bertz CT molecular complexity index is 463. The Morgan fingerprint density at radius 2 is 1.95 bits per heavy atom. The zero-order valence-electron chi connectivity index (χ0n) is 10.4. The number of thioether (sulfide) groups is 1. The molecular weight excluding hydrogens is 307 g/mol. The van der Waals surface area contributed by atoms with Crippen LogP contribution in [0.15, 0.2) is 23.1 Å². The highest BCUT2D eigenvalue weighted by Gasteiger charge is 2.08. The van der Waals surface area contributed by atoms with Crippen LogP contribution in [0.5, 0.6) is 0 Å². The highest BCUT2D eigenvalue weighted by Crippen LogP contribution is 2.28. The largest absolute Gasteiger partial charge is 0.466 e. The van der Waals surface area contributed by atoms with E-state index in [1.807, 2.05) is 0 Å². The predicted molar refractivity (Wildman–Crippen MR) is 78.1 cm³/mol. The van der Waals surface area contributed by atoms with Crippen molar-refractivity contribution in [3.05, 3.63) is 28.2 Å². The van der Waals surface area contributed by atoms with Gasteiger partial charge >= 0.3 is 5.97 Å². The fourth-order valence-electron chi connectivity index (χ4n) is 1.28. The molecule has 0 spiro atoms. The van der Waals surface area contributed by atoms with Crippen molar-refractivity contribution < 1.29 is 14.3 Å². The van der Waals surface area contributed by atoms with Crippen LogP contribution in [0.4, 0.5) is 0 Å². The Hall–Kier alpha value is -0.710. The van der Waals surface area contributed by atoms with E-state index in [0.29, 0.717) is 22.4 Å². The fraction of sp³-hybridized carbons (Fsp3) is 0.385. The number of hydrogen-bond acceptors (Lipinski definition) is 4. The van der Waals surface area contributed by atoms with Crippen molar-refractivity contribution >= 4 is 46.7 Å². The molecule has 1 rings (SSSR count). The summed E-state index contributed by atoms with van der Waals surface area (Å²) in [6.45, 7) is 2.07. The van der Waals surface area contributed by atoms with Gasteiger partial charge in [-0.2, -0.15) is 0 Å². The highest BCUT2D eigenvalue weighted by atomic mass is 35.5. The summed E-state index contributed by atoms with van der Waals surface area (Å²) in [4.78, 5) is 23.6. The molecule has 0 aliphatic heterocycles. The zero-order valence-corrected chi connectivity index (χ0v) is 12.8. The fourth-order valence-corrected chi connectivity index (χ4v) is 2.48. The highest BCUT2D eigenvalue weighted by molar-refractivity contribution is 8.00. The number of hydrogen-bond donors (Lipinski definition) is 0. The van der Waals surface area contributed by atoms with Crippen molar-refractivity contribution in [1.29, 1.82) is 0 Å². The quantitative estimate of drug-likeness (QED) is 0.562. The lowest BCUT2D eigenvalue weighted by Gasteiger charge is -2.03. The first-order valence-electron chi connectivity index (χ1n) is 5.78. The molecule has 0 aromatic heterocycles. The third-order valence-corrected chi connectivity index (χ3v) is 4.00. The first kappa shape index (κ1) is 16.3. The standard InChI is InChI=1S/C13H14Cl2O3S/c1-2-18-13(17)6-3-9(16)8-19-10-4-5-11(14)12(15)7-10/h4-5,7H,2-3,6,8H2,1H3. The Morgan fingerprint density at radius 1 is 1.21 bits per heavy atom. The van der Waals surface area contributed by atoms with Gasteiger partial charge in [0.2, 0.25) is 0 Å². The summed E-state index contributed by atoms with van der Waals surface area (Å²) >= 11 is 13.0. The first-order valence-corrected chi connectivity index (χ1v) is 7.52. The summed E-state index contributed by atoms with van der Waals surface area (Å²) in [6, 6.07) is 5.21. The third-order valence-electron chi connectivity index (χ3n) is 2.20. The van der Waals surface area contributed by atoms with Crippen molar-refractivity contribution in [2.45, 2.75) is 24.7 Å². The number of ketones is 1. The molecule has 0 saturated carbocycles. The molecule has 0 fully saturated rings. The van der Waals surface area contributed by atoms with Crippen molar-refractivity contribution in [2.24, 2.45) is 0 Å². The zero-order chi connectivity index (χ0) is 14.3. The van der Waals surface area contributed by atoms with Crippen LogP contribution in [0.3, 0.4) is 0 Å². The molecule has 3 nitrogen and oxygen atoms in total. The molecule has 19 heavy (non-hydrogen) atoms. The van der Waals surface area contributed by atoms with E-state index in [0.717, 1.165) is 4.90 Å². The lowest BCUT2D eigenvalue weighted by atomic mass is 10.2. The van der Waals surface area contributed by atoms with Gasteiger partial charge < -0.3 is 4.74 Å². The summed E-state index contributed by atoms with van der Waals surface area (Å²) in [5, 5.41) is 0.949. The summed E-state index contributed by atoms with van der Waals surface area (Å²) < 4.78 is 4.75. The van der Waals surface area contributed by atoms with Gasteiger partial charge in [-0.05, 0) is 25.1 Å². The lowest BCUT2D eigenvalue weighted by molar-refractivity contribution is -0.144. The maximum Gasteiger partial charge on any atom is 0.306 e. The molecule has 6 heteroatoms. The number of ether oxygens (including phenoxy) is 1. The van der Waals surface area contributed by atoms with Crippen LogP contribution in [0.2, 0.25) is 10.0 Å². The smallest absolute Gasteiger partial charge is 0.306 e. The van der Waals surface area contributed by atoms with E-state index in [1.165, 1.54) is 11.8 Å². The second-order valence-corrected chi connectivity index (χ2v) is 5.57. The Morgan fingerprint density at radius 3 is 2.58 bits per heavy atom. The normalized spacial score (nSPS) is 10.3. The van der Waals surface area contributed by atoms with Crippen molar-refractivity contribution in [1.82, 2.24) is 0 Å². The summed E-state index contributed by atoms with van der Waals surface area (Å²) in [7, 11) is 0. The summed E-state index contributed by atoms with van der Waals surface area (Å²) in [5.74, 6) is -0.0308. The molecule has 0 bridgehead atoms. The minimum absolute atomic E-state index is 0.00382. The van der Waals surface area contributed by atoms with E-state index in [4.69, 9.17) is 27.9 Å². The number of benzene rings is 1. The molecule has 0 aliphatic rings. The van der Waals surface area contributed by atoms with Gasteiger partial charge in [0.15, 0.2) is 0 Å². The van der Waals surface area contributed by atoms with Crippen LogP contribution < -0.4 is 0 Å². The minimum Gasteiger partial charge on any atom is -0.466 e. The maximum absolute atomic E-state index is 11.6. The van der Waals surface area contributed by atoms with Crippen LogP contribution in [0.1, 0.15) is 19.8 Å². The molecule has 0 atom stereocenters. The van der Waals surface area contributed by atoms with Gasteiger partial charge in [-0.15, -0.1) is 11.8 Å². The number of rotatable bonds is 7. The lowest BCUT2D eigenvalue weighted by Crippen LogP contribution is -2.09. The van der Waals surface area contributed by atoms with Gasteiger partial charge in [0.05, 0.1) is 28.8 Å². The summed E-state index contributed by atoms with van der Waals surface area (Å²) in [6.07, 6.45) is 0.335. The second kappa shape index (κ2) is 8.46. The van der Waals surface area contributed by atoms with Crippen molar-refractivity contribution in [3.8, 4) is 0 Å². The molecule has 104 valence electrons. The van der Waals surface area contributed by atoms with Gasteiger partial charge in [-0.1, -0.05) is 23.2 Å². The number of carbonyl (C=O) groups is 2. The van der Waals surface area contributed by atoms with Gasteiger partial charge in [0.25, 0.3) is 0 Å². The SMILES string of the molecule is CCOC(=O)CCC(=O)CSc1ccc(Cl)c(Cl)c1. The van der Waals surface area contributed by atoms with Gasteiger partial charge in [0, 0.05) is 11.3 Å². The van der Waals surface area contributed by atoms with Crippen LogP contribution in [0.25, 0.3) is 0 Å². The first-order chi connectivity index (χ1) is 9.02. The van der Waals surface area contributed by atoms with E-state index in [1.54, 1.807) is 25.1 Å². The van der Waals surface area contributed by atoms with Gasteiger partial charge in [-0.25, -0.2) is 0 Å². The van der Waals surface area contributed by atoms with Crippen LogP contribution >= 0.6 is 35.0 Å². The van der Waals surface area contributed by atoms with E-state index in [2.05, 4.69) is 0 Å². The van der Waals surface area contributed by atoms with Crippen LogP contribution in [-0.2, 0) is 14.3 Å². The van der Waals surface area contributed by atoms with Crippen LogP contribution in [0, 0.1) is 0 Å². The topological polar surface area (TPSA) is 43.4 Å². The van der Waals surface area contributed by atoms with E-state index >= 15 is 0 Å². The number of carbonyl (C=O) groups excluding carboxylic acids is 2. The molecule has 0 heterocycles. The Labute approximate surface area is 126 Å². The van der Waals surface area contributed by atoms with E-state index < -0.39 is 0 Å². The molecule has 0 aliphatic carbocycles. The predicted octanol–water partition coefficient (Wildman–Crippen LogP) is 4.00. The van der Waals surface area contributed by atoms with Crippen molar-refractivity contribution in [3.63, 3.8) is 0 Å². The maximum atomic E-state index is 11.6. The minimum atomic E-state index is -0.338. The third kappa shape index (κ3) is 6.32. The second-order valence-electron chi connectivity index (χ2n) is 3.71. The van der Waals surface area contributed by atoms with E-state index in [-0.39, 0.29) is 24.6 Å². The van der Waals surface area contributed by atoms with Gasteiger partial charge in [0.1, 0.15) is 5.78 Å². The van der Waals surface area contributed by atoms with Gasteiger partial charge in [-0.3, -0.25) is 9.59 Å². The number of esters is 1. The molecule has 0 amide bonds. The molecule has 0 radical (unpaired) electrons. The Balaban J connectivity index is 2.33.